The lowest BCUT2D eigenvalue weighted by molar-refractivity contribution is 0.0460. The molecule has 0 aliphatic heterocycles. The van der Waals surface area contributed by atoms with Crippen LogP contribution in [0.15, 0.2) is 12.1 Å². The van der Waals surface area contributed by atoms with Gasteiger partial charge in [0.2, 0.25) is 0 Å². The zero-order chi connectivity index (χ0) is 14.6. The number of hydrogen-bond donors (Lipinski definition) is 3. The number of halogens is 1. The van der Waals surface area contributed by atoms with Crippen LogP contribution in [0.4, 0.5) is 15.8 Å². The van der Waals surface area contributed by atoms with Crippen molar-refractivity contribution in [3.63, 3.8) is 0 Å². The first-order chi connectivity index (χ1) is 8.75. The molecule has 0 saturated carbocycles. The molecule has 0 bridgehead atoms. The van der Waals surface area contributed by atoms with Crippen molar-refractivity contribution < 1.29 is 14.2 Å². The maximum Gasteiger partial charge on any atom is 0.167 e. The van der Waals surface area contributed by atoms with E-state index in [1.165, 1.54) is 19.2 Å². The highest BCUT2D eigenvalue weighted by Crippen LogP contribution is 2.28. The molecule has 0 saturated heterocycles. The summed E-state index contributed by atoms with van der Waals surface area (Å²) < 4.78 is 18.3. The van der Waals surface area contributed by atoms with E-state index >= 15 is 0 Å². The lowest BCUT2D eigenvalue weighted by atomic mass is 10.1. The first-order valence-electron chi connectivity index (χ1n) is 5.99. The molecule has 0 fully saturated rings. The topological polar surface area (TPSA) is 70.8 Å². The van der Waals surface area contributed by atoms with Crippen molar-refractivity contribution in [1.29, 1.82) is 0 Å². The molecule has 0 radical (unpaired) electrons. The van der Waals surface area contributed by atoms with Gasteiger partial charge in [-0.15, -0.1) is 0 Å². The van der Waals surface area contributed by atoms with E-state index in [1.807, 2.05) is 19.0 Å². The van der Waals surface area contributed by atoms with Crippen molar-refractivity contribution in [2.75, 3.05) is 45.3 Å². The predicted octanol–water partition coefficient (Wildman–Crippen LogP) is 1.14. The molecule has 6 heteroatoms. The minimum absolute atomic E-state index is 0.115. The number of anilines is 2. The molecule has 1 atom stereocenters. The molecule has 0 spiro atoms. The van der Waals surface area contributed by atoms with E-state index in [1.54, 1.807) is 6.92 Å². The van der Waals surface area contributed by atoms with Gasteiger partial charge in [0.05, 0.1) is 24.1 Å². The number of aliphatic hydroxyl groups is 1. The number of rotatable bonds is 6. The fraction of sp³-hybridized carbons (Fsp3) is 0.538. The van der Waals surface area contributed by atoms with E-state index in [0.29, 0.717) is 18.8 Å². The quantitative estimate of drug-likeness (QED) is 0.677. The number of methoxy groups -OCH3 is 1. The van der Waals surface area contributed by atoms with Crippen LogP contribution in [-0.2, 0) is 0 Å². The Bertz CT molecular complexity index is 436. The van der Waals surface area contributed by atoms with E-state index in [-0.39, 0.29) is 11.4 Å². The largest absolute Gasteiger partial charge is 0.494 e. The number of nitrogens with zero attached hydrogens (tertiary/aromatic N) is 1. The summed E-state index contributed by atoms with van der Waals surface area (Å²) in [4.78, 5) is 1.89. The maximum absolute atomic E-state index is 13.4. The van der Waals surface area contributed by atoms with E-state index in [4.69, 9.17) is 10.5 Å². The highest BCUT2D eigenvalue weighted by atomic mass is 19.1. The number of ether oxygens (including phenoxy) is 1. The van der Waals surface area contributed by atoms with E-state index in [2.05, 4.69) is 5.32 Å². The Morgan fingerprint density at radius 1 is 1.47 bits per heavy atom. The molecule has 0 aliphatic rings. The third-order valence-corrected chi connectivity index (χ3v) is 2.64. The van der Waals surface area contributed by atoms with Gasteiger partial charge in [0.1, 0.15) is 0 Å². The number of nitrogens with one attached hydrogen (secondary N) is 1. The van der Waals surface area contributed by atoms with Gasteiger partial charge in [-0.05, 0) is 21.0 Å². The molecular weight excluding hydrogens is 249 g/mol. The van der Waals surface area contributed by atoms with Crippen LogP contribution in [-0.4, -0.2) is 49.9 Å². The highest BCUT2D eigenvalue weighted by Gasteiger charge is 2.21. The molecule has 0 heterocycles. The second-order valence-electron chi connectivity index (χ2n) is 5.16. The van der Waals surface area contributed by atoms with Gasteiger partial charge in [-0.1, -0.05) is 0 Å². The van der Waals surface area contributed by atoms with Crippen LogP contribution in [0.25, 0.3) is 0 Å². The second kappa shape index (κ2) is 6.08. The van der Waals surface area contributed by atoms with Crippen molar-refractivity contribution in [3.8, 4) is 5.75 Å². The smallest absolute Gasteiger partial charge is 0.167 e. The molecule has 1 rings (SSSR count). The highest BCUT2D eigenvalue weighted by molar-refractivity contribution is 5.68. The Balaban J connectivity index is 2.77. The third kappa shape index (κ3) is 4.57. The summed E-state index contributed by atoms with van der Waals surface area (Å²) >= 11 is 0. The van der Waals surface area contributed by atoms with Gasteiger partial charge < -0.3 is 25.8 Å². The first-order valence-corrected chi connectivity index (χ1v) is 5.99. The molecule has 5 nitrogen and oxygen atoms in total. The summed E-state index contributed by atoms with van der Waals surface area (Å²) in [6.07, 6.45) is 0. The zero-order valence-electron chi connectivity index (χ0n) is 11.8. The minimum Gasteiger partial charge on any atom is -0.494 e. The average molecular weight is 271 g/mol. The van der Waals surface area contributed by atoms with E-state index in [9.17, 15) is 9.50 Å². The van der Waals surface area contributed by atoms with Gasteiger partial charge in [-0.2, -0.15) is 0 Å². The minimum atomic E-state index is -0.919. The van der Waals surface area contributed by atoms with Crippen LogP contribution in [0.3, 0.4) is 0 Å². The van der Waals surface area contributed by atoms with Crippen LogP contribution in [0.5, 0.6) is 5.75 Å². The molecule has 1 aromatic carbocycles. The van der Waals surface area contributed by atoms with Gasteiger partial charge in [0.15, 0.2) is 11.6 Å². The van der Waals surface area contributed by atoms with Crippen molar-refractivity contribution in [2.24, 2.45) is 0 Å². The summed E-state index contributed by atoms with van der Waals surface area (Å²) in [6, 6.07) is 2.68. The van der Waals surface area contributed by atoms with Crippen LogP contribution in [0.2, 0.25) is 0 Å². The fourth-order valence-corrected chi connectivity index (χ4v) is 1.90. The number of nitrogen functional groups attached to an aromatic ring is 1. The summed E-state index contributed by atoms with van der Waals surface area (Å²) in [5.41, 5.74) is 5.62. The van der Waals surface area contributed by atoms with Crippen LogP contribution < -0.4 is 15.8 Å². The van der Waals surface area contributed by atoms with Gasteiger partial charge in [-0.25, -0.2) is 4.39 Å². The Hall–Kier alpha value is -1.53. The summed E-state index contributed by atoms with van der Waals surface area (Å²) in [6.45, 7) is 2.51. The monoisotopic (exact) mass is 271 g/mol. The molecule has 0 aliphatic carbocycles. The van der Waals surface area contributed by atoms with E-state index in [0.717, 1.165) is 0 Å². The van der Waals surface area contributed by atoms with Crippen molar-refractivity contribution in [3.05, 3.63) is 17.9 Å². The Labute approximate surface area is 113 Å². The maximum atomic E-state index is 13.4. The number of nitrogens with two attached hydrogens (primary N) is 1. The summed E-state index contributed by atoms with van der Waals surface area (Å²) in [7, 11) is 5.15. The zero-order valence-corrected chi connectivity index (χ0v) is 11.8. The molecular formula is C13H22FN3O2. The van der Waals surface area contributed by atoms with Crippen LogP contribution in [0.1, 0.15) is 6.92 Å². The number of likely N-dealkylation sites (N-methyl/N-ethyl adjacent to an activating group) is 1. The molecule has 0 amide bonds. The molecule has 108 valence electrons. The van der Waals surface area contributed by atoms with Gasteiger partial charge in [0.25, 0.3) is 0 Å². The number of hydrogen-bond acceptors (Lipinski definition) is 5. The lowest BCUT2D eigenvalue weighted by Gasteiger charge is -2.27. The Morgan fingerprint density at radius 3 is 2.63 bits per heavy atom. The standard InChI is InChI=1S/C13H22FN3O2/c1-13(18,8-17(2)3)7-16-11-6-12(19-4)9(14)5-10(11)15/h5-6,16,18H,7-8,15H2,1-4H3. The molecule has 0 aromatic heterocycles. The molecule has 4 N–H and O–H groups in total. The second-order valence-corrected chi connectivity index (χ2v) is 5.16. The molecule has 1 unspecified atom stereocenters. The van der Waals surface area contributed by atoms with Crippen molar-refractivity contribution >= 4 is 11.4 Å². The third-order valence-electron chi connectivity index (χ3n) is 2.64. The summed E-state index contributed by atoms with van der Waals surface area (Å²) in [5.74, 6) is -0.394. The van der Waals surface area contributed by atoms with Gasteiger partial charge in [-0.3, -0.25) is 0 Å². The summed E-state index contributed by atoms with van der Waals surface area (Å²) in [5, 5.41) is 13.2. The van der Waals surface area contributed by atoms with Crippen LogP contribution >= 0.6 is 0 Å². The van der Waals surface area contributed by atoms with Gasteiger partial charge >= 0.3 is 0 Å². The average Bonchev–Trinajstić information content (AvgIpc) is 2.26. The Morgan fingerprint density at radius 2 is 2.11 bits per heavy atom. The fourth-order valence-electron chi connectivity index (χ4n) is 1.90. The lowest BCUT2D eigenvalue weighted by Crippen LogP contribution is -2.43. The SMILES string of the molecule is COc1cc(NCC(C)(O)CN(C)C)c(N)cc1F. The van der Waals surface area contributed by atoms with Gasteiger partial charge in [0, 0.05) is 25.2 Å². The van der Waals surface area contributed by atoms with E-state index < -0.39 is 11.4 Å². The normalized spacial score (nSPS) is 14.3. The molecule has 1 aromatic rings. The van der Waals surface area contributed by atoms with Crippen LogP contribution in [0, 0.1) is 5.82 Å². The Kier molecular flexibility index (Phi) is 4.97. The first kappa shape index (κ1) is 15.5. The van der Waals surface area contributed by atoms with Crippen molar-refractivity contribution in [1.82, 2.24) is 4.90 Å². The molecule has 19 heavy (non-hydrogen) atoms. The number of benzene rings is 1. The predicted molar refractivity (Wildman–Crippen MR) is 75.0 cm³/mol. The van der Waals surface area contributed by atoms with Crippen molar-refractivity contribution in [2.45, 2.75) is 12.5 Å².